The van der Waals surface area contributed by atoms with Crippen LogP contribution in [0.15, 0.2) is 48.5 Å². The van der Waals surface area contributed by atoms with Crippen molar-refractivity contribution in [3.63, 3.8) is 0 Å². The predicted octanol–water partition coefficient (Wildman–Crippen LogP) is 2.67. The lowest BCUT2D eigenvalue weighted by molar-refractivity contribution is -0.131. The molecule has 0 N–H and O–H groups in total. The van der Waals surface area contributed by atoms with Crippen LogP contribution in [0.4, 0.5) is 20.2 Å². The second kappa shape index (κ2) is 8.16. The van der Waals surface area contributed by atoms with Crippen molar-refractivity contribution in [3.8, 4) is 0 Å². The zero-order chi connectivity index (χ0) is 19.4. The summed E-state index contributed by atoms with van der Waals surface area (Å²) in [7, 11) is 0. The molecule has 142 valence electrons. The lowest BCUT2D eigenvalue weighted by Gasteiger charge is -2.37. The van der Waals surface area contributed by atoms with Gasteiger partial charge in [0.05, 0.1) is 5.69 Å². The van der Waals surface area contributed by atoms with E-state index in [-0.39, 0.29) is 24.2 Å². The minimum Gasteiger partial charge on any atom is -0.366 e. The minimum absolute atomic E-state index is 0.154. The van der Waals surface area contributed by atoms with E-state index in [4.69, 9.17) is 0 Å². The van der Waals surface area contributed by atoms with Crippen LogP contribution < -0.4 is 9.80 Å². The number of benzene rings is 2. The molecule has 0 saturated carbocycles. The lowest BCUT2D eigenvalue weighted by Crippen LogP contribution is -2.52. The van der Waals surface area contributed by atoms with Crippen molar-refractivity contribution < 1.29 is 18.4 Å². The highest BCUT2D eigenvalue weighted by Gasteiger charge is 2.25. The van der Waals surface area contributed by atoms with E-state index in [1.54, 1.807) is 29.2 Å². The Morgan fingerprint density at radius 1 is 1.00 bits per heavy atom. The molecule has 0 aliphatic carbocycles. The Morgan fingerprint density at radius 2 is 1.70 bits per heavy atom. The second-order valence-corrected chi connectivity index (χ2v) is 6.40. The van der Waals surface area contributed by atoms with Gasteiger partial charge in [-0.3, -0.25) is 9.59 Å². The van der Waals surface area contributed by atoms with Gasteiger partial charge in [-0.1, -0.05) is 18.2 Å². The van der Waals surface area contributed by atoms with Crippen molar-refractivity contribution in [2.45, 2.75) is 6.92 Å². The molecule has 1 aliphatic heterocycles. The highest BCUT2D eigenvalue weighted by molar-refractivity contribution is 5.97. The monoisotopic (exact) mass is 373 g/mol. The molecule has 1 aliphatic rings. The van der Waals surface area contributed by atoms with Gasteiger partial charge < -0.3 is 14.7 Å². The zero-order valence-electron chi connectivity index (χ0n) is 15.1. The van der Waals surface area contributed by atoms with Crippen LogP contribution in [0.5, 0.6) is 0 Å². The fraction of sp³-hybridized carbons (Fsp3) is 0.300. The van der Waals surface area contributed by atoms with Gasteiger partial charge in [0.1, 0.15) is 18.2 Å². The van der Waals surface area contributed by atoms with Crippen molar-refractivity contribution in [2.24, 2.45) is 0 Å². The molecule has 2 aromatic carbocycles. The topological polar surface area (TPSA) is 43.9 Å². The summed E-state index contributed by atoms with van der Waals surface area (Å²) in [5, 5.41) is 0. The summed E-state index contributed by atoms with van der Waals surface area (Å²) in [6.07, 6.45) is 0. The van der Waals surface area contributed by atoms with E-state index in [9.17, 15) is 18.4 Å². The van der Waals surface area contributed by atoms with Gasteiger partial charge in [0, 0.05) is 38.8 Å². The van der Waals surface area contributed by atoms with Crippen molar-refractivity contribution >= 4 is 23.2 Å². The van der Waals surface area contributed by atoms with Gasteiger partial charge in [-0.05, 0) is 30.3 Å². The van der Waals surface area contributed by atoms with E-state index < -0.39 is 5.82 Å². The molecule has 0 bridgehead atoms. The Bertz CT molecular complexity index is 835. The number of nitrogens with zero attached hydrogens (tertiary/aromatic N) is 3. The molecule has 27 heavy (non-hydrogen) atoms. The molecule has 0 atom stereocenters. The molecule has 0 radical (unpaired) electrons. The Kier molecular flexibility index (Phi) is 5.69. The van der Waals surface area contributed by atoms with E-state index in [1.165, 1.54) is 36.1 Å². The van der Waals surface area contributed by atoms with Crippen LogP contribution in [0.2, 0.25) is 0 Å². The third kappa shape index (κ3) is 4.42. The van der Waals surface area contributed by atoms with Crippen LogP contribution in [0.1, 0.15) is 6.92 Å². The first-order chi connectivity index (χ1) is 13.0. The highest BCUT2D eigenvalue weighted by atomic mass is 19.1. The summed E-state index contributed by atoms with van der Waals surface area (Å²) in [5.74, 6) is -1.31. The molecule has 1 fully saturated rings. The van der Waals surface area contributed by atoms with Gasteiger partial charge in [-0.15, -0.1) is 0 Å². The molecule has 0 unspecified atom stereocenters. The smallest absolute Gasteiger partial charge is 0.242 e. The van der Waals surface area contributed by atoms with E-state index in [1.807, 2.05) is 4.90 Å². The Hall–Kier alpha value is -2.96. The van der Waals surface area contributed by atoms with E-state index in [0.717, 1.165) is 0 Å². The maximum Gasteiger partial charge on any atom is 0.242 e. The largest absolute Gasteiger partial charge is 0.366 e. The van der Waals surface area contributed by atoms with Gasteiger partial charge in [-0.2, -0.15) is 0 Å². The van der Waals surface area contributed by atoms with E-state index >= 15 is 0 Å². The molecule has 2 amide bonds. The number of amides is 2. The normalized spacial score (nSPS) is 14.2. The minimum atomic E-state index is -0.468. The molecule has 0 spiro atoms. The van der Waals surface area contributed by atoms with Gasteiger partial charge in [0.15, 0.2) is 0 Å². The Labute approximate surface area is 156 Å². The van der Waals surface area contributed by atoms with Crippen molar-refractivity contribution in [3.05, 3.63) is 60.2 Å². The van der Waals surface area contributed by atoms with Crippen LogP contribution >= 0.6 is 0 Å². The molecule has 3 rings (SSSR count). The summed E-state index contributed by atoms with van der Waals surface area (Å²) >= 11 is 0. The lowest BCUT2D eigenvalue weighted by atomic mass is 10.2. The number of hydrogen-bond acceptors (Lipinski definition) is 3. The van der Waals surface area contributed by atoms with Gasteiger partial charge in [0.2, 0.25) is 11.8 Å². The summed E-state index contributed by atoms with van der Waals surface area (Å²) in [5.41, 5.74) is 0.871. The average Bonchev–Trinajstić information content (AvgIpc) is 2.66. The summed E-state index contributed by atoms with van der Waals surface area (Å²) in [6.45, 7) is 3.07. The summed E-state index contributed by atoms with van der Waals surface area (Å²) in [6, 6.07) is 12.1. The first kappa shape index (κ1) is 18.8. The number of carbonyl (C=O) groups excluding carboxylic acids is 2. The SMILES string of the molecule is CC(=O)N(CC(=O)N1CCN(c2ccccc2F)CC1)c1cccc(F)c1. The van der Waals surface area contributed by atoms with Gasteiger partial charge in [0.25, 0.3) is 0 Å². The fourth-order valence-electron chi connectivity index (χ4n) is 3.17. The predicted molar refractivity (Wildman–Crippen MR) is 99.6 cm³/mol. The van der Waals surface area contributed by atoms with E-state index in [0.29, 0.717) is 37.6 Å². The van der Waals surface area contributed by atoms with Gasteiger partial charge in [-0.25, -0.2) is 8.78 Å². The second-order valence-electron chi connectivity index (χ2n) is 6.40. The maximum atomic E-state index is 13.9. The summed E-state index contributed by atoms with van der Waals surface area (Å²) < 4.78 is 27.4. The molecule has 1 saturated heterocycles. The third-order valence-corrected chi connectivity index (χ3v) is 4.62. The number of carbonyl (C=O) groups is 2. The van der Waals surface area contributed by atoms with Crippen LogP contribution in [0.25, 0.3) is 0 Å². The van der Waals surface area contributed by atoms with Gasteiger partial charge >= 0.3 is 0 Å². The van der Waals surface area contributed by atoms with Crippen LogP contribution in [0.3, 0.4) is 0 Å². The number of hydrogen-bond donors (Lipinski definition) is 0. The Balaban J connectivity index is 1.63. The van der Waals surface area contributed by atoms with Crippen molar-refractivity contribution in [1.29, 1.82) is 0 Å². The third-order valence-electron chi connectivity index (χ3n) is 4.62. The number of para-hydroxylation sites is 1. The number of piperazine rings is 1. The number of halogens is 2. The average molecular weight is 373 g/mol. The van der Waals surface area contributed by atoms with Crippen LogP contribution in [-0.2, 0) is 9.59 Å². The van der Waals surface area contributed by atoms with Crippen molar-refractivity contribution in [1.82, 2.24) is 4.90 Å². The molecule has 7 heteroatoms. The van der Waals surface area contributed by atoms with E-state index in [2.05, 4.69) is 0 Å². The highest BCUT2D eigenvalue weighted by Crippen LogP contribution is 2.21. The zero-order valence-corrected chi connectivity index (χ0v) is 15.1. The molecule has 1 heterocycles. The van der Waals surface area contributed by atoms with Crippen molar-refractivity contribution in [2.75, 3.05) is 42.5 Å². The maximum absolute atomic E-state index is 13.9. The van der Waals surface area contributed by atoms with Crippen LogP contribution in [0, 0.1) is 11.6 Å². The molecule has 0 aromatic heterocycles. The van der Waals surface area contributed by atoms with Crippen LogP contribution in [-0.4, -0.2) is 49.4 Å². The molecule has 5 nitrogen and oxygen atoms in total. The number of anilines is 2. The first-order valence-corrected chi connectivity index (χ1v) is 8.76. The standard InChI is InChI=1S/C20H21F2N3O2/c1-15(26)25(17-6-4-5-16(21)13-17)14-20(27)24-11-9-23(10-12-24)19-8-3-2-7-18(19)22/h2-8,13H,9-12,14H2,1H3. The molecule has 2 aromatic rings. The quantitative estimate of drug-likeness (QED) is 0.828. The fourth-order valence-corrected chi connectivity index (χ4v) is 3.17. The first-order valence-electron chi connectivity index (χ1n) is 8.76. The summed E-state index contributed by atoms with van der Waals surface area (Å²) in [4.78, 5) is 29.4. The Morgan fingerprint density at radius 3 is 2.33 bits per heavy atom. The molecular formula is C20H21F2N3O2. The molecular weight excluding hydrogens is 352 g/mol. The number of rotatable bonds is 4.